The highest BCUT2D eigenvalue weighted by Gasteiger charge is 2.30. The molecule has 1 aliphatic heterocycles. The molecular weight excluding hydrogens is 346 g/mol. The molecule has 2 rings (SSSR count). The van der Waals surface area contributed by atoms with Crippen molar-refractivity contribution >= 4 is 28.1 Å². The molecule has 0 amide bonds. The van der Waals surface area contributed by atoms with E-state index in [1.54, 1.807) is 0 Å². The zero-order valence-corrected chi connectivity index (χ0v) is 14.5. The lowest BCUT2D eigenvalue weighted by molar-refractivity contribution is -0.385. The highest BCUT2D eigenvalue weighted by Crippen LogP contribution is 2.31. The van der Waals surface area contributed by atoms with Gasteiger partial charge in [-0.3, -0.25) is 10.1 Å². The van der Waals surface area contributed by atoms with Gasteiger partial charge in [-0.2, -0.15) is 4.31 Å². The van der Waals surface area contributed by atoms with Gasteiger partial charge in [0.05, 0.1) is 16.9 Å². The van der Waals surface area contributed by atoms with E-state index >= 15 is 0 Å². The lowest BCUT2D eigenvalue weighted by Crippen LogP contribution is -2.43. The predicted molar refractivity (Wildman–Crippen MR) is 87.7 cm³/mol. The molecule has 1 heterocycles. The van der Waals surface area contributed by atoms with Crippen LogP contribution in [0.25, 0.3) is 0 Å². The molecule has 8 nitrogen and oxygen atoms in total. The zero-order valence-electron chi connectivity index (χ0n) is 12.9. The fourth-order valence-corrected chi connectivity index (χ4v) is 3.99. The number of nitro benzene ring substituents is 1. The van der Waals surface area contributed by atoms with Crippen molar-refractivity contribution in [1.82, 2.24) is 9.62 Å². The number of ether oxygens (including phenoxy) is 1. The average Bonchev–Trinajstić information content (AvgIpc) is 2.54. The number of hydrogen-bond donors (Lipinski definition) is 1. The molecule has 1 fully saturated rings. The summed E-state index contributed by atoms with van der Waals surface area (Å²) in [7, 11) is -0.534. The van der Waals surface area contributed by atoms with E-state index in [0.717, 1.165) is 18.9 Å². The summed E-state index contributed by atoms with van der Waals surface area (Å²) in [5.41, 5.74) is -0.254. The summed E-state index contributed by atoms with van der Waals surface area (Å²) >= 11 is 0. The lowest BCUT2D eigenvalue weighted by atomic mass is 10.1. The third-order valence-corrected chi connectivity index (χ3v) is 5.74. The number of nitrogens with one attached hydrogen (secondary N) is 1. The van der Waals surface area contributed by atoms with Crippen molar-refractivity contribution in [3.63, 3.8) is 0 Å². The van der Waals surface area contributed by atoms with Gasteiger partial charge in [-0.05, 0) is 26.0 Å². The number of hydrogen-bond acceptors (Lipinski definition) is 6. The van der Waals surface area contributed by atoms with E-state index in [2.05, 4.69) is 5.32 Å². The van der Waals surface area contributed by atoms with Gasteiger partial charge in [0, 0.05) is 31.3 Å². The average molecular weight is 366 g/mol. The van der Waals surface area contributed by atoms with Gasteiger partial charge in [0.2, 0.25) is 10.0 Å². The number of benzene rings is 1. The minimum Gasteiger partial charge on any atom is -0.490 e. The topological polar surface area (TPSA) is 102 Å². The fourth-order valence-electron chi connectivity index (χ4n) is 2.50. The summed E-state index contributed by atoms with van der Waals surface area (Å²) in [6, 6.07) is 3.93. The molecule has 1 N–H and O–H groups in total. The van der Waals surface area contributed by atoms with Gasteiger partial charge in [0.25, 0.3) is 0 Å². The molecule has 0 saturated carbocycles. The molecule has 0 unspecified atom stereocenters. The van der Waals surface area contributed by atoms with Crippen LogP contribution in [-0.2, 0) is 10.0 Å². The molecule has 1 aromatic carbocycles. The van der Waals surface area contributed by atoms with Crippen LogP contribution in [0, 0.1) is 10.1 Å². The van der Waals surface area contributed by atoms with E-state index in [9.17, 15) is 18.5 Å². The third-order valence-electron chi connectivity index (χ3n) is 3.85. The van der Waals surface area contributed by atoms with Crippen molar-refractivity contribution in [2.24, 2.45) is 0 Å². The van der Waals surface area contributed by atoms with Gasteiger partial charge in [0.15, 0.2) is 5.75 Å². The summed E-state index contributed by atoms with van der Waals surface area (Å²) < 4.78 is 31.6. The number of piperidine rings is 1. The maximum absolute atomic E-state index is 12.6. The number of rotatable bonds is 5. The van der Waals surface area contributed by atoms with E-state index < -0.39 is 14.9 Å². The number of nitro groups is 1. The Morgan fingerprint density at radius 1 is 1.35 bits per heavy atom. The zero-order chi connectivity index (χ0) is 16.3. The van der Waals surface area contributed by atoms with Crippen molar-refractivity contribution in [1.29, 1.82) is 0 Å². The van der Waals surface area contributed by atoms with Crippen LogP contribution in [0.2, 0.25) is 0 Å². The van der Waals surface area contributed by atoms with Crippen LogP contribution >= 0.6 is 12.4 Å². The molecule has 1 aliphatic rings. The molecule has 0 aromatic heterocycles. The van der Waals surface area contributed by atoms with E-state index in [-0.39, 0.29) is 28.7 Å². The molecule has 0 aliphatic carbocycles. The number of halogens is 1. The largest absolute Gasteiger partial charge is 0.490 e. The number of nitrogens with zero attached hydrogens (tertiary/aromatic N) is 2. The summed E-state index contributed by atoms with van der Waals surface area (Å²) in [5, 5.41) is 14.0. The maximum Gasteiger partial charge on any atom is 0.310 e. The van der Waals surface area contributed by atoms with Crippen LogP contribution in [0.3, 0.4) is 0 Å². The van der Waals surface area contributed by atoms with Gasteiger partial charge >= 0.3 is 5.69 Å². The van der Waals surface area contributed by atoms with Crippen molar-refractivity contribution in [2.45, 2.75) is 23.8 Å². The Hall–Kier alpha value is -1.42. The first kappa shape index (κ1) is 19.6. The Kier molecular flexibility index (Phi) is 6.75. The molecule has 0 atom stereocenters. The Morgan fingerprint density at radius 3 is 2.43 bits per heavy atom. The Balaban J connectivity index is 0.00000264. The van der Waals surface area contributed by atoms with Gasteiger partial charge in [-0.15, -0.1) is 12.4 Å². The third kappa shape index (κ3) is 4.11. The molecule has 0 bridgehead atoms. The monoisotopic (exact) mass is 365 g/mol. The summed E-state index contributed by atoms with van der Waals surface area (Å²) in [6.45, 7) is 0.848. The first-order chi connectivity index (χ1) is 10.4. The normalized spacial score (nSPS) is 16.6. The van der Waals surface area contributed by atoms with Crippen LogP contribution < -0.4 is 10.1 Å². The molecule has 1 aromatic rings. The maximum atomic E-state index is 12.6. The van der Waals surface area contributed by atoms with E-state index in [1.165, 1.54) is 23.5 Å². The Morgan fingerprint density at radius 2 is 1.96 bits per heavy atom. The van der Waals surface area contributed by atoms with E-state index in [1.807, 2.05) is 7.05 Å². The molecule has 130 valence electrons. The fraction of sp³-hybridized carbons (Fsp3) is 0.538. The van der Waals surface area contributed by atoms with Crippen LogP contribution in [0.1, 0.15) is 12.8 Å². The Labute approximate surface area is 141 Å². The van der Waals surface area contributed by atoms with Gasteiger partial charge in [0.1, 0.15) is 0 Å². The minimum absolute atomic E-state index is 0. The second-order valence-electron chi connectivity index (χ2n) is 5.06. The summed E-state index contributed by atoms with van der Waals surface area (Å²) in [5.74, 6) is -0.0591. The molecular formula is C13H20ClN3O5S. The SMILES string of the molecule is CNC1CCN(S(=O)(=O)c2ccc([N+](=O)[O-])c(OC)c2)CC1.Cl. The first-order valence-electron chi connectivity index (χ1n) is 6.90. The summed E-state index contributed by atoms with van der Waals surface area (Å²) in [4.78, 5) is 10.3. The highest BCUT2D eigenvalue weighted by atomic mass is 35.5. The number of methoxy groups -OCH3 is 1. The summed E-state index contributed by atoms with van der Waals surface area (Å²) in [6.07, 6.45) is 1.47. The smallest absolute Gasteiger partial charge is 0.310 e. The second kappa shape index (κ2) is 7.91. The van der Waals surface area contributed by atoms with E-state index in [4.69, 9.17) is 4.74 Å². The molecule has 0 radical (unpaired) electrons. The first-order valence-corrected chi connectivity index (χ1v) is 8.34. The molecule has 23 heavy (non-hydrogen) atoms. The molecule has 10 heteroatoms. The second-order valence-corrected chi connectivity index (χ2v) is 7.00. The van der Waals surface area contributed by atoms with Gasteiger partial charge < -0.3 is 10.1 Å². The van der Waals surface area contributed by atoms with Crippen LogP contribution in [0.4, 0.5) is 5.69 Å². The minimum atomic E-state index is -3.67. The Bertz CT molecular complexity index is 660. The van der Waals surface area contributed by atoms with Crippen molar-refractivity contribution in [3.8, 4) is 5.75 Å². The van der Waals surface area contributed by atoms with Gasteiger partial charge in [-0.25, -0.2) is 8.42 Å². The van der Waals surface area contributed by atoms with Crippen LogP contribution in [0.15, 0.2) is 23.1 Å². The lowest BCUT2D eigenvalue weighted by Gasteiger charge is -2.31. The van der Waals surface area contributed by atoms with E-state index in [0.29, 0.717) is 19.1 Å². The highest BCUT2D eigenvalue weighted by molar-refractivity contribution is 7.89. The van der Waals surface area contributed by atoms with Crippen molar-refractivity contribution < 1.29 is 18.1 Å². The number of sulfonamides is 1. The quantitative estimate of drug-likeness (QED) is 0.625. The van der Waals surface area contributed by atoms with Crippen LogP contribution in [0.5, 0.6) is 5.75 Å². The molecule has 0 spiro atoms. The van der Waals surface area contributed by atoms with Crippen molar-refractivity contribution in [2.75, 3.05) is 27.2 Å². The van der Waals surface area contributed by atoms with Crippen molar-refractivity contribution in [3.05, 3.63) is 28.3 Å². The standard InChI is InChI=1S/C13H19N3O5S.ClH/c1-14-10-5-7-15(8-6-10)22(19,20)11-3-4-12(16(17)18)13(9-11)21-2;/h3-4,9-10,14H,5-8H2,1-2H3;1H. The van der Waals surface area contributed by atoms with Crippen LogP contribution in [-0.4, -0.2) is 50.9 Å². The predicted octanol–water partition coefficient (Wildman–Crippen LogP) is 1.40. The molecule has 1 saturated heterocycles. The van der Waals surface area contributed by atoms with Gasteiger partial charge in [-0.1, -0.05) is 0 Å².